The molecule has 1 saturated heterocycles. The topological polar surface area (TPSA) is 50.4 Å². The summed E-state index contributed by atoms with van der Waals surface area (Å²) in [6.45, 7) is 6.70. The zero-order chi connectivity index (χ0) is 12.8. The summed E-state index contributed by atoms with van der Waals surface area (Å²) in [5.41, 5.74) is 0.0906. The highest BCUT2D eigenvalue weighted by molar-refractivity contribution is 5.85. The Morgan fingerprint density at radius 2 is 2.05 bits per heavy atom. The normalized spacial score (nSPS) is 34.9. The molecule has 4 nitrogen and oxygen atoms in total. The lowest BCUT2D eigenvalue weighted by Gasteiger charge is -2.54. The second-order valence-electron chi connectivity index (χ2n) is 6.68. The number of fused-ring (bicyclic) bond motifs is 1. The maximum Gasteiger partial charge on any atom is 0.234 e. The first-order valence-electron chi connectivity index (χ1n) is 7.20. The minimum absolute atomic E-state index is 0. The van der Waals surface area contributed by atoms with Crippen LogP contribution in [0.15, 0.2) is 0 Å². The molecule has 110 valence electrons. The molecule has 3 aliphatic rings. The summed E-state index contributed by atoms with van der Waals surface area (Å²) >= 11 is 0. The van der Waals surface area contributed by atoms with Crippen LogP contribution in [0, 0.1) is 17.3 Å². The van der Waals surface area contributed by atoms with Gasteiger partial charge in [0.2, 0.25) is 5.91 Å². The number of ether oxygens (including phenoxy) is 1. The standard InChI is InChI=1S/C14H24N2O2.ClH/c1-14(2)12(10-5-6-18-13(10)14)16-11(17)8-15-7-9-3-4-9;/h9-10,12-13,15H,3-8H2,1-2H3,(H,16,17);1H. The van der Waals surface area contributed by atoms with Crippen LogP contribution >= 0.6 is 12.4 Å². The molecular weight excluding hydrogens is 264 g/mol. The highest BCUT2D eigenvalue weighted by atomic mass is 35.5. The van der Waals surface area contributed by atoms with Crippen molar-refractivity contribution in [3.63, 3.8) is 0 Å². The number of carbonyl (C=O) groups is 1. The maximum atomic E-state index is 11.9. The third kappa shape index (κ3) is 2.91. The van der Waals surface area contributed by atoms with Crippen LogP contribution in [0.25, 0.3) is 0 Å². The molecule has 2 aliphatic carbocycles. The molecule has 2 saturated carbocycles. The molecule has 2 N–H and O–H groups in total. The lowest BCUT2D eigenvalue weighted by Crippen LogP contribution is -2.67. The van der Waals surface area contributed by atoms with Crippen molar-refractivity contribution >= 4 is 18.3 Å². The summed E-state index contributed by atoms with van der Waals surface area (Å²) in [5.74, 6) is 1.50. The Labute approximate surface area is 121 Å². The predicted molar refractivity (Wildman–Crippen MR) is 76.4 cm³/mol. The van der Waals surface area contributed by atoms with Gasteiger partial charge in [-0.15, -0.1) is 12.4 Å². The van der Waals surface area contributed by atoms with Crippen molar-refractivity contribution in [1.82, 2.24) is 10.6 Å². The first-order valence-corrected chi connectivity index (χ1v) is 7.20. The molecule has 3 rings (SSSR count). The third-order valence-corrected chi connectivity index (χ3v) is 4.83. The average Bonchev–Trinajstić information content (AvgIpc) is 3.02. The van der Waals surface area contributed by atoms with Crippen LogP contribution < -0.4 is 10.6 Å². The second kappa shape index (κ2) is 5.58. The van der Waals surface area contributed by atoms with E-state index in [0.717, 1.165) is 25.5 Å². The van der Waals surface area contributed by atoms with Crippen molar-refractivity contribution in [3.05, 3.63) is 0 Å². The number of amides is 1. The lowest BCUT2D eigenvalue weighted by atomic mass is 9.57. The summed E-state index contributed by atoms with van der Waals surface area (Å²) < 4.78 is 5.73. The molecule has 0 aromatic rings. The van der Waals surface area contributed by atoms with E-state index in [0.29, 0.717) is 24.6 Å². The van der Waals surface area contributed by atoms with E-state index in [2.05, 4.69) is 24.5 Å². The van der Waals surface area contributed by atoms with E-state index in [1.54, 1.807) is 0 Å². The fourth-order valence-corrected chi connectivity index (χ4v) is 3.55. The predicted octanol–water partition coefficient (Wildman–Crippen LogP) is 1.34. The smallest absolute Gasteiger partial charge is 0.234 e. The molecule has 1 heterocycles. The van der Waals surface area contributed by atoms with E-state index in [-0.39, 0.29) is 23.7 Å². The van der Waals surface area contributed by atoms with Gasteiger partial charge >= 0.3 is 0 Å². The van der Waals surface area contributed by atoms with Gasteiger partial charge in [0.15, 0.2) is 0 Å². The highest BCUT2D eigenvalue weighted by Gasteiger charge is 2.59. The van der Waals surface area contributed by atoms with Crippen molar-refractivity contribution < 1.29 is 9.53 Å². The Balaban J connectivity index is 0.00000133. The molecule has 0 bridgehead atoms. The monoisotopic (exact) mass is 288 g/mol. The summed E-state index contributed by atoms with van der Waals surface area (Å²) in [6, 6.07) is 0.292. The number of nitrogens with one attached hydrogen (secondary N) is 2. The SMILES string of the molecule is CC1(C)C(NC(=O)CNCC2CC2)C2CCOC21.Cl. The van der Waals surface area contributed by atoms with Crippen LogP contribution in [-0.4, -0.2) is 37.7 Å². The first kappa shape index (κ1) is 15.1. The number of hydrogen-bond donors (Lipinski definition) is 2. The Kier molecular flexibility index (Phi) is 4.43. The zero-order valence-corrected chi connectivity index (χ0v) is 12.6. The molecule has 19 heavy (non-hydrogen) atoms. The van der Waals surface area contributed by atoms with Gasteiger partial charge in [0, 0.05) is 24.0 Å². The fraction of sp³-hybridized carbons (Fsp3) is 0.929. The van der Waals surface area contributed by atoms with Crippen molar-refractivity contribution in [2.75, 3.05) is 19.7 Å². The molecular formula is C14H25ClN2O2. The number of halogens is 1. The molecule has 1 amide bonds. The molecule has 3 fully saturated rings. The Morgan fingerprint density at radius 3 is 2.74 bits per heavy atom. The molecule has 3 unspecified atom stereocenters. The minimum Gasteiger partial charge on any atom is -0.377 e. The van der Waals surface area contributed by atoms with Crippen molar-refractivity contribution in [1.29, 1.82) is 0 Å². The van der Waals surface area contributed by atoms with Gasteiger partial charge in [-0.2, -0.15) is 0 Å². The molecule has 5 heteroatoms. The fourth-order valence-electron chi connectivity index (χ4n) is 3.55. The van der Waals surface area contributed by atoms with Gasteiger partial charge in [-0.25, -0.2) is 0 Å². The summed E-state index contributed by atoms with van der Waals surface area (Å²) in [5, 5.41) is 6.44. The molecule has 0 aromatic carbocycles. The molecule has 1 aliphatic heterocycles. The van der Waals surface area contributed by atoms with E-state index in [1.807, 2.05) is 0 Å². The second-order valence-corrected chi connectivity index (χ2v) is 6.68. The van der Waals surface area contributed by atoms with Crippen LogP contribution in [0.4, 0.5) is 0 Å². The van der Waals surface area contributed by atoms with Crippen LogP contribution in [0.2, 0.25) is 0 Å². The zero-order valence-electron chi connectivity index (χ0n) is 11.8. The van der Waals surface area contributed by atoms with Gasteiger partial charge in [-0.1, -0.05) is 13.8 Å². The molecule has 0 spiro atoms. The molecule has 3 atom stereocenters. The van der Waals surface area contributed by atoms with Crippen molar-refractivity contribution in [2.45, 2.75) is 45.3 Å². The molecule has 0 aromatic heterocycles. The van der Waals surface area contributed by atoms with E-state index >= 15 is 0 Å². The average molecular weight is 289 g/mol. The van der Waals surface area contributed by atoms with Gasteiger partial charge < -0.3 is 15.4 Å². The van der Waals surface area contributed by atoms with Crippen molar-refractivity contribution in [3.8, 4) is 0 Å². The van der Waals surface area contributed by atoms with Gasteiger partial charge in [0.05, 0.1) is 12.6 Å². The van der Waals surface area contributed by atoms with E-state index in [9.17, 15) is 4.79 Å². The van der Waals surface area contributed by atoms with Crippen LogP contribution in [0.5, 0.6) is 0 Å². The van der Waals surface area contributed by atoms with Crippen molar-refractivity contribution in [2.24, 2.45) is 17.3 Å². The van der Waals surface area contributed by atoms with Gasteiger partial charge in [-0.3, -0.25) is 4.79 Å². The van der Waals surface area contributed by atoms with E-state index in [4.69, 9.17) is 4.74 Å². The highest BCUT2D eigenvalue weighted by Crippen LogP contribution is 2.51. The minimum atomic E-state index is 0. The van der Waals surface area contributed by atoms with Gasteiger partial charge in [0.25, 0.3) is 0 Å². The van der Waals surface area contributed by atoms with E-state index < -0.39 is 0 Å². The largest absolute Gasteiger partial charge is 0.377 e. The van der Waals surface area contributed by atoms with Gasteiger partial charge in [-0.05, 0) is 31.7 Å². The lowest BCUT2D eigenvalue weighted by molar-refractivity contribution is -0.137. The summed E-state index contributed by atoms with van der Waals surface area (Å²) in [7, 11) is 0. The maximum absolute atomic E-state index is 11.9. The number of hydrogen-bond acceptors (Lipinski definition) is 3. The van der Waals surface area contributed by atoms with Crippen LogP contribution in [0.3, 0.4) is 0 Å². The molecule has 0 radical (unpaired) electrons. The van der Waals surface area contributed by atoms with E-state index in [1.165, 1.54) is 12.8 Å². The Hall–Kier alpha value is -0.320. The van der Waals surface area contributed by atoms with Crippen LogP contribution in [-0.2, 0) is 9.53 Å². The quantitative estimate of drug-likeness (QED) is 0.803. The first-order chi connectivity index (χ1) is 8.59. The summed E-state index contributed by atoms with van der Waals surface area (Å²) in [4.78, 5) is 11.9. The number of carbonyl (C=O) groups excluding carboxylic acids is 1. The third-order valence-electron chi connectivity index (χ3n) is 4.83. The Bertz CT molecular complexity index is 344. The Morgan fingerprint density at radius 1 is 1.32 bits per heavy atom. The summed E-state index contributed by atoms with van der Waals surface area (Å²) in [6.07, 6.45) is 4.09. The van der Waals surface area contributed by atoms with Crippen LogP contribution in [0.1, 0.15) is 33.1 Å². The van der Waals surface area contributed by atoms with Gasteiger partial charge in [0.1, 0.15) is 0 Å². The number of rotatable bonds is 5.